The molecule has 5 heteroatoms. The number of hydrogen-bond acceptors (Lipinski definition) is 3. The molecule has 1 aromatic rings. The molecule has 0 bridgehead atoms. The van der Waals surface area contributed by atoms with Crippen LogP contribution in [-0.4, -0.2) is 60.3 Å². The summed E-state index contributed by atoms with van der Waals surface area (Å²) in [7, 11) is 0. The Labute approximate surface area is 125 Å². The minimum Gasteiger partial charge on any atom is -0.395 e. The van der Waals surface area contributed by atoms with Crippen LogP contribution in [0.15, 0.2) is 18.2 Å². The van der Waals surface area contributed by atoms with Crippen LogP contribution in [0.2, 0.25) is 0 Å². The second-order valence-electron chi connectivity index (χ2n) is 5.82. The van der Waals surface area contributed by atoms with Gasteiger partial charge >= 0.3 is 6.03 Å². The van der Waals surface area contributed by atoms with Gasteiger partial charge in [-0.2, -0.15) is 0 Å². The van der Waals surface area contributed by atoms with Crippen LogP contribution in [0.5, 0.6) is 0 Å². The standard InChI is InChI=1S/C16H23N3O2/c20-11-10-18-6-8-19(9-7-18)16(21)17-15-5-4-13-2-1-3-14(13)12-15/h4-5,12,20H,1-3,6-11H2,(H,17,21). The fraction of sp³-hybridized carbons (Fsp3) is 0.562. The average Bonchev–Trinajstić information content (AvgIpc) is 2.96. The lowest BCUT2D eigenvalue weighted by Gasteiger charge is -2.34. The Morgan fingerprint density at radius 2 is 1.90 bits per heavy atom. The third-order valence-electron chi connectivity index (χ3n) is 4.43. The van der Waals surface area contributed by atoms with Crippen molar-refractivity contribution < 1.29 is 9.90 Å². The number of hydrogen-bond donors (Lipinski definition) is 2. The van der Waals surface area contributed by atoms with E-state index in [2.05, 4.69) is 22.3 Å². The van der Waals surface area contributed by atoms with Gasteiger partial charge in [-0.05, 0) is 42.5 Å². The van der Waals surface area contributed by atoms with Crippen molar-refractivity contribution in [3.05, 3.63) is 29.3 Å². The SMILES string of the molecule is O=C(Nc1ccc2c(c1)CCC2)N1CCN(CCO)CC1. The van der Waals surface area contributed by atoms with E-state index in [4.69, 9.17) is 5.11 Å². The second kappa shape index (κ2) is 6.45. The van der Waals surface area contributed by atoms with Gasteiger partial charge in [-0.25, -0.2) is 4.79 Å². The molecule has 1 fully saturated rings. The quantitative estimate of drug-likeness (QED) is 0.882. The smallest absolute Gasteiger partial charge is 0.321 e. The van der Waals surface area contributed by atoms with Gasteiger partial charge in [0, 0.05) is 38.4 Å². The number of aliphatic hydroxyl groups excluding tert-OH is 1. The maximum atomic E-state index is 12.3. The number of benzene rings is 1. The molecule has 1 aliphatic carbocycles. The molecule has 0 unspecified atom stereocenters. The topological polar surface area (TPSA) is 55.8 Å². The maximum Gasteiger partial charge on any atom is 0.321 e. The summed E-state index contributed by atoms with van der Waals surface area (Å²) in [5.74, 6) is 0. The molecular formula is C16H23N3O2. The zero-order valence-electron chi connectivity index (χ0n) is 12.3. The van der Waals surface area contributed by atoms with Crippen LogP contribution in [0.4, 0.5) is 10.5 Å². The van der Waals surface area contributed by atoms with Gasteiger partial charge in [-0.3, -0.25) is 4.90 Å². The van der Waals surface area contributed by atoms with Gasteiger partial charge in [0.2, 0.25) is 0 Å². The molecule has 2 aliphatic rings. The van der Waals surface area contributed by atoms with E-state index in [0.717, 1.165) is 44.7 Å². The van der Waals surface area contributed by atoms with Gasteiger partial charge in [0.25, 0.3) is 0 Å². The molecule has 1 aromatic carbocycles. The molecular weight excluding hydrogens is 266 g/mol. The van der Waals surface area contributed by atoms with Crippen molar-refractivity contribution in [2.75, 3.05) is 44.6 Å². The average molecular weight is 289 g/mol. The largest absolute Gasteiger partial charge is 0.395 e. The Hall–Kier alpha value is -1.59. The Morgan fingerprint density at radius 1 is 1.14 bits per heavy atom. The lowest BCUT2D eigenvalue weighted by molar-refractivity contribution is 0.127. The van der Waals surface area contributed by atoms with Crippen molar-refractivity contribution in [1.82, 2.24) is 9.80 Å². The predicted octanol–water partition coefficient (Wildman–Crippen LogP) is 1.32. The number of fused-ring (bicyclic) bond motifs is 1. The summed E-state index contributed by atoms with van der Waals surface area (Å²) in [6.07, 6.45) is 3.51. The third kappa shape index (κ3) is 3.36. The van der Waals surface area contributed by atoms with Gasteiger partial charge in [-0.1, -0.05) is 6.07 Å². The summed E-state index contributed by atoms with van der Waals surface area (Å²) in [6, 6.07) is 6.24. The first kappa shape index (κ1) is 14.4. The number of nitrogens with one attached hydrogen (secondary N) is 1. The summed E-state index contributed by atoms with van der Waals surface area (Å²) in [5.41, 5.74) is 3.70. The Kier molecular flexibility index (Phi) is 4.41. The molecule has 0 aromatic heterocycles. The van der Waals surface area contributed by atoms with Crippen molar-refractivity contribution in [3.8, 4) is 0 Å². The molecule has 0 radical (unpaired) electrons. The third-order valence-corrected chi connectivity index (χ3v) is 4.43. The Bertz CT molecular complexity index is 510. The van der Waals surface area contributed by atoms with Crippen molar-refractivity contribution in [2.45, 2.75) is 19.3 Å². The lowest BCUT2D eigenvalue weighted by atomic mass is 10.1. The summed E-state index contributed by atoms with van der Waals surface area (Å²) < 4.78 is 0. The van der Waals surface area contributed by atoms with Gasteiger partial charge in [0.15, 0.2) is 0 Å². The number of carbonyl (C=O) groups is 1. The normalized spacial score (nSPS) is 18.6. The highest BCUT2D eigenvalue weighted by atomic mass is 16.3. The number of carbonyl (C=O) groups excluding carboxylic acids is 1. The van der Waals surface area contributed by atoms with Crippen molar-refractivity contribution in [1.29, 1.82) is 0 Å². The first-order chi connectivity index (χ1) is 10.3. The summed E-state index contributed by atoms with van der Waals surface area (Å²) in [5, 5.41) is 11.9. The number of urea groups is 1. The molecule has 1 heterocycles. The highest BCUT2D eigenvalue weighted by Gasteiger charge is 2.21. The zero-order valence-corrected chi connectivity index (χ0v) is 12.3. The van der Waals surface area contributed by atoms with Crippen LogP contribution < -0.4 is 5.32 Å². The predicted molar refractivity (Wildman–Crippen MR) is 82.6 cm³/mol. The fourth-order valence-corrected chi connectivity index (χ4v) is 3.17. The molecule has 2 amide bonds. The van der Waals surface area contributed by atoms with Crippen LogP contribution in [0.25, 0.3) is 0 Å². The van der Waals surface area contributed by atoms with E-state index < -0.39 is 0 Å². The first-order valence-electron chi connectivity index (χ1n) is 7.77. The molecule has 0 spiro atoms. The molecule has 1 aliphatic heterocycles. The van der Waals surface area contributed by atoms with Crippen LogP contribution in [0.1, 0.15) is 17.5 Å². The number of piperazine rings is 1. The van der Waals surface area contributed by atoms with E-state index >= 15 is 0 Å². The second-order valence-corrected chi connectivity index (χ2v) is 5.82. The monoisotopic (exact) mass is 289 g/mol. The number of aryl methyl sites for hydroxylation is 2. The first-order valence-corrected chi connectivity index (χ1v) is 7.77. The fourth-order valence-electron chi connectivity index (χ4n) is 3.17. The van der Waals surface area contributed by atoms with Crippen LogP contribution >= 0.6 is 0 Å². The highest BCUT2D eigenvalue weighted by Crippen LogP contribution is 2.25. The number of aliphatic hydroxyl groups is 1. The van der Waals surface area contributed by atoms with E-state index in [1.807, 2.05) is 11.0 Å². The molecule has 1 saturated heterocycles. The number of anilines is 1. The number of nitrogens with zero attached hydrogens (tertiary/aromatic N) is 2. The van der Waals surface area contributed by atoms with E-state index in [1.165, 1.54) is 17.5 Å². The van der Waals surface area contributed by atoms with Crippen molar-refractivity contribution in [2.24, 2.45) is 0 Å². The molecule has 0 saturated carbocycles. The molecule has 5 nitrogen and oxygen atoms in total. The van der Waals surface area contributed by atoms with Gasteiger partial charge in [0.1, 0.15) is 0 Å². The molecule has 2 N–H and O–H groups in total. The number of rotatable bonds is 3. The minimum atomic E-state index is -0.0170. The Morgan fingerprint density at radius 3 is 2.67 bits per heavy atom. The number of β-amino-alcohol motifs (C(OH)–C–C–N with tert-alkyl or cyclic N) is 1. The minimum absolute atomic E-state index is 0.0170. The maximum absolute atomic E-state index is 12.3. The van der Waals surface area contributed by atoms with Gasteiger partial charge < -0.3 is 15.3 Å². The molecule has 114 valence electrons. The molecule has 3 rings (SSSR count). The van der Waals surface area contributed by atoms with Crippen molar-refractivity contribution >= 4 is 11.7 Å². The summed E-state index contributed by atoms with van der Waals surface area (Å²) in [4.78, 5) is 16.3. The van der Waals surface area contributed by atoms with E-state index in [1.54, 1.807) is 0 Å². The van der Waals surface area contributed by atoms with Crippen molar-refractivity contribution in [3.63, 3.8) is 0 Å². The molecule has 21 heavy (non-hydrogen) atoms. The molecule has 0 atom stereocenters. The van der Waals surface area contributed by atoms with E-state index in [0.29, 0.717) is 6.54 Å². The van der Waals surface area contributed by atoms with Gasteiger partial charge in [-0.15, -0.1) is 0 Å². The van der Waals surface area contributed by atoms with Crippen LogP contribution in [0, 0.1) is 0 Å². The van der Waals surface area contributed by atoms with E-state index in [9.17, 15) is 4.79 Å². The van der Waals surface area contributed by atoms with Gasteiger partial charge in [0.05, 0.1) is 6.61 Å². The Balaban J connectivity index is 1.55. The lowest BCUT2D eigenvalue weighted by Crippen LogP contribution is -2.50. The summed E-state index contributed by atoms with van der Waals surface area (Å²) >= 11 is 0. The van der Waals surface area contributed by atoms with Crippen LogP contribution in [-0.2, 0) is 12.8 Å². The number of amides is 2. The summed E-state index contributed by atoms with van der Waals surface area (Å²) in [6.45, 7) is 3.98. The van der Waals surface area contributed by atoms with E-state index in [-0.39, 0.29) is 12.6 Å². The zero-order chi connectivity index (χ0) is 14.7. The van der Waals surface area contributed by atoms with Crippen LogP contribution in [0.3, 0.4) is 0 Å². The highest BCUT2D eigenvalue weighted by molar-refractivity contribution is 5.89.